The Labute approximate surface area is 233 Å². The third-order valence-corrected chi connectivity index (χ3v) is 8.33. The summed E-state index contributed by atoms with van der Waals surface area (Å²) in [6.45, 7) is 2.09. The minimum absolute atomic E-state index is 0.158. The summed E-state index contributed by atoms with van der Waals surface area (Å²) < 4.78 is 93.9. The van der Waals surface area contributed by atoms with Crippen LogP contribution < -0.4 is 14.4 Å². The van der Waals surface area contributed by atoms with Crippen LogP contribution in [0.5, 0.6) is 5.75 Å². The van der Waals surface area contributed by atoms with Gasteiger partial charge in [-0.05, 0) is 73.9 Å². The van der Waals surface area contributed by atoms with Gasteiger partial charge in [0.25, 0.3) is 5.91 Å². The fourth-order valence-electron chi connectivity index (χ4n) is 4.43. The van der Waals surface area contributed by atoms with Crippen molar-refractivity contribution in [3.8, 4) is 5.75 Å². The van der Waals surface area contributed by atoms with Gasteiger partial charge in [0, 0.05) is 31.4 Å². The summed E-state index contributed by atoms with van der Waals surface area (Å²) >= 11 is 0. The molecule has 15 heteroatoms. The van der Waals surface area contributed by atoms with E-state index in [0.717, 1.165) is 54.2 Å². The lowest BCUT2D eigenvalue weighted by atomic mass is 10.0. The summed E-state index contributed by atoms with van der Waals surface area (Å²) in [6, 6.07) is 8.95. The van der Waals surface area contributed by atoms with Crippen LogP contribution in [0.25, 0.3) is 0 Å². The fraction of sp³-hybridized carbons (Fsp3) is 0.462. The Morgan fingerprint density at radius 2 is 1.61 bits per heavy atom. The number of amides is 1. The zero-order chi connectivity index (χ0) is 29.9. The van der Waals surface area contributed by atoms with Crippen LogP contribution in [0.4, 0.5) is 27.6 Å². The van der Waals surface area contributed by atoms with Crippen LogP contribution in [0.2, 0.25) is 0 Å². The molecule has 1 amide bonds. The van der Waals surface area contributed by atoms with E-state index in [1.54, 1.807) is 12.1 Å². The Balaban J connectivity index is 0.000000493. The molecule has 1 saturated carbocycles. The monoisotopic (exact) mass is 605 g/mol. The van der Waals surface area contributed by atoms with Crippen LogP contribution in [-0.2, 0) is 15.0 Å². The normalized spacial score (nSPS) is 19.4. The lowest BCUT2D eigenvalue weighted by Crippen LogP contribution is -2.49. The number of alkyl halides is 3. The largest absolute Gasteiger partial charge is 0.490 e. The van der Waals surface area contributed by atoms with Crippen LogP contribution in [0, 0.1) is 11.6 Å². The second kappa shape index (κ2) is 12.2. The average Bonchev–Trinajstić information content (AvgIpc) is 3.68. The second-order valence-corrected chi connectivity index (χ2v) is 11.6. The van der Waals surface area contributed by atoms with E-state index in [2.05, 4.69) is 4.90 Å². The highest BCUT2D eigenvalue weighted by Crippen LogP contribution is 2.45. The van der Waals surface area contributed by atoms with E-state index in [1.165, 1.54) is 24.3 Å². The van der Waals surface area contributed by atoms with E-state index in [0.29, 0.717) is 25.4 Å². The first kappa shape index (κ1) is 30.5. The maximum Gasteiger partial charge on any atom is 0.490 e. The number of anilines is 1. The van der Waals surface area contributed by atoms with Gasteiger partial charge in [-0.3, -0.25) is 4.79 Å². The van der Waals surface area contributed by atoms with E-state index >= 15 is 0 Å². The molecular formula is C26H28F5N3O6S. The molecule has 5 rings (SSSR count). The maximum atomic E-state index is 15.0. The topological polar surface area (TPSA) is 116 Å². The minimum atomic E-state index is -5.08. The summed E-state index contributed by atoms with van der Waals surface area (Å²) in [7, 11) is -3.97. The molecule has 2 aromatic rings. The van der Waals surface area contributed by atoms with Crippen LogP contribution in [0.3, 0.4) is 0 Å². The lowest BCUT2D eigenvalue weighted by Gasteiger charge is -2.35. The number of hydrogen-bond donors (Lipinski definition) is 2. The van der Waals surface area contributed by atoms with Gasteiger partial charge in [-0.25, -0.2) is 18.3 Å². The summed E-state index contributed by atoms with van der Waals surface area (Å²) in [5, 5.41) is 7.12. The molecule has 41 heavy (non-hydrogen) atoms. The fourth-order valence-corrected chi connectivity index (χ4v) is 5.64. The molecule has 2 saturated heterocycles. The van der Waals surface area contributed by atoms with Crippen molar-refractivity contribution in [2.75, 3.05) is 31.1 Å². The molecule has 1 aliphatic carbocycles. The minimum Gasteiger partial charge on any atom is -0.488 e. The van der Waals surface area contributed by atoms with Crippen molar-refractivity contribution in [2.24, 2.45) is 0 Å². The number of aliphatic carboxylic acids is 1. The smallest absolute Gasteiger partial charge is 0.488 e. The van der Waals surface area contributed by atoms with Crippen molar-refractivity contribution in [2.45, 2.75) is 50.3 Å². The Kier molecular flexibility index (Phi) is 9.07. The van der Waals surface area contributed by atoms with Crippen LogP contribution in [0.15, 0.2) is 36.4 Å². The van der Waals surface area contributed by atoms with Crippen molar-refractivity contribution in [3.63, 3.8) is 0 Å². The molecule has 2 aromatic carbocycles. The zero-order valence-corrected chi connectivity index (χ0v) is 22.5. The molecule has 0 aromatic heterocycles. The van der Waals surface area contributed by atoms with Crippen molar-refractivity contribution < 1.29 is 49.8 Å². The highest BCUT2D eigenvalue weighted by Gasteiger charge is 2.38. The molecule has 0 bridgehead atoms. The van der Waals surface area contributed by atoms with Gasteiger partial charge in [0.05, 0.1) is 12.1 Å². The molecule has 2 heterocycles. The van der Waals surface area contributed by atoms with Crippen LogP contribution in [0.1, 0.15) is 53.9 Å². The number of halogens is 5. The molecule has 2 aliphatic heterocycles. The van der Waals surface area contributed by atoms with Gasteiger partial charge in [-0.1, -0.05) is 0 Å². The number of nitrogens with one attached hydrogen (secondary N) is 1. The van der Waals surface area contributed by atoms with Gasteiger partial charge in [-0.15, -0.1) is 0 Å². The number of carboxylic acids is 1. The number of piperidine rings is 1. The summed E-state index contributed by atoms with van der Waals surface area (Å²) in [5.74, 6) is -4.29. The Bertz CT molecular complexity index is 1380. The number of rotatable bonds is 7. The third-order valence-electron chi connectivity index (χ3n) is 6.84. The van der Waals surface area contributed by atoms with Gasteiger partial charge in [0.15, 0.2) is 0 Å². The van der Waals surface area contributed by atoms with Gasteiger partial charge >= 0.3 is 22.4 Å². The molecule has 0 spiro atoms. The second-order valence-electron chi connectivity index (χ2n) is 9.94. The van der Waals surface area contributed by atoms with Crippen LogP contribution in [-0.4, -0.2) is 68.2 Å². The van der Waals surface area contributed by atoms with Gasteiger partial charge in [-0.2, -0.15) is 25.9 Å². The van der Waals surface area contributed by atoms with Crippen molar-refractivity contribution in [3.05, 3.63) is 59.2 Å². The molecule has 1 atom stereocenters. The van der Waals surface area contributed by atoms with Crippen molar-refractivity contribution >= 4 is 27.8 Å². The molecule has 2 N–H and O–H groups in total. The van der Waals surface area contributed by atoms with Crippen molar-refractivity contribution in [1.82, 2.24) is 9.03 Å². The van der Waals surface area contributed by atoms with Gasteiger partial charge in [0.1, 0.15) is 23.5 Å². The SMILES string of the molecule is O=C(NS(=O)(=O)N1CCC1)c1cc(C2CC2)c(OC2CCCN(c3ccc(F)cc3)C2)cc1F.O=C(O)C(F)(F)F. The van der Waals surface area contributed by atoms with E-state index in [9.17, 15) is 35.2 Å². The zero-order valence-electron chi connectivity index (χ0n) is 21.7. The van der Waals surface area contributed by atoms with E-state index < -0.39 is 34.1 Å². The maximum absolute atomic E-state index is 15.0. The first-order valence-corrected chi connectivity index (χ1v) is 14.3. The number of carbonyl (C=O) groups is 2. The Hall–Kier alpha value is -3.46. The number of hydrogen-bond acceptors (Lipinski definition) is 6. The Morgan fingerprint density at radius 1 is 0.976 bits per heavy atom. The standard InChI is InChI=1S/C24H27F2N3O4S.C2HF3O2/c25-17-6-8-18(9-7-17)28-10-1-3-19(15-28)33-23-14-22(26)21(13-20(23)16-4-5-16)24(30)27-34(31,32)29-11-2-12-29;3-2(4,5)1(6)7/h6-9,13-14,16,19H,1-5,10-12,15H2,(H,27,30);(H,6,7). The number of nitrogens with zero attached hydrogens (tertiary/aromatic N) is 2. The molecule has 3 fully saturated rings. The molecule has 224 valence electrons. The van der Waals surface area contributed by atoms with E-state index in [4.69, 9.17) is 14.6 Å². The first-order chi connectivity index (χ1) is 19.2. The Morgan fingerprint density at radius 3 is 2.15 bits per heavy atom. The van der Waals surface area contributed by atoms with Crippen molar-refractivity contribution in [1.29, 1.82) is 0 Å². The van der Waals surface area contributed by atoms with Gasteiger partial charge < -0.3 is 14.7 Å². The highest BCUT2D eigenvalue weighted by molar-refractivity contribution is 7.87. The summed E-state index contributed by atoms with van der Waals surface area (Å²) in [5.41, 5.74) is 1.33. The molecule has 0 radical (unpaired) electrons. The number of ether oxygens (including phenoxy) is 1. The molecule has 9 nitrogen and oxygen atoms in total. The predicted octanol–water partition coefficient (Wildman–Crippen LogP) is 4.20. The molecular weight excluding hydrogens is 577 g/mol. The third kappa shape index (κ3) is 7.85. The van der Waals surface area contributed by atoms with Crippen LogP contribution >= 0.6 is 0 Å². The number of benzene rings is 2. The first-order valence-electron chi connectivity index (χ1n) is 12.9. The average molecular weight is 606 g/mol. The predicted molar refractivity (Wildman–Crippen MR) is 137 cm³/mol. The van der Waals surface area contributed by atoms with E-state index in [-0.39, 0.29) is 23.4 Å². The lowest BCUT2D eigenvalue weighted by molar-refractivity contribution is -0.192. The quantitative estimate of drug-likeness (QED) is 0.455. The number of carbonyl (C=O) groups excluding carboxylic acids is 1. The summed E-state index contributed by atoms with van der Waals surface area (Å²) in [6.07, 6.45) is -1.07. The molecule has 1 unspecified atom stereocenters. The molecule has 3 aliphatic rings. The van der Waals surface area contributed by atoms with E-state index in [1.807, 2.05) is 4.72 Å². The number of carboxylic acid groups (broad SMARTS) is 1. The highest BCUT2D eigenvalue weighted by atomic mass is 32.2. The summed E-state index contributed by atoms with van der Waals surface area (Å²) in [4.78, 5) is 23.6. The van der Waals surface area contributed by atoms with Gasteiger partial charge in [0.2, 0.25) is 0 Å².